The van der Waals surface area contributed by atoms with Crippen molar-refractivity contribution in [2.45, 2.75) is 13.8 Å². The highest BCUT2D eigenvalue weighted by atomic mass is 79.9. The number of ether oxygens (including phenoxy) is 3. The van der Waals surface area contributed by atoms with Gasteiger partial charge < -0.3 is 14.2 Å². The number of hydrogen-bond donors (Lipinski definition) is 1. The Morgan fingerprint density at radius 2 is 1.77 bits per heavy atom. The second kappa shape index (κ2) is 10.1. The van der Waals surface area contributed by atoms with Crippen molar-refractivity contribution in [3.8, 4) is 11.5 Å². The van der Waals surface area contributed by atoms with E-state index < -0.39 is 17.8 Å². The minimum atomic E-state index is -0.513. The number of hydrazine groups is 1. The second-order valence-electron chi connectivity index (χ2n) is 6.32. The van der Waals surface area contributed by atoms with E-state index in [0.29, 0.717) is 33.8 Å². The zero-order valence-corrected chi connectivity index (χ0v) is 18.6. The first-order chi connectivity index (χ1) is 14.9. The highest BCUT2D eigenvalue weighted by molar-refractivity contribution is 9.10. The van der Waals surface area contributed by atoms with Crippen molar-refractivity contribution in [1.82, 2.24) is 5.43 Å². The van der Waals surface area contributed by atoms with Crippen LogP contribution in [-0.2, 0) is 19.1 Å². The predicted molar refractivity (Wildman–Crippen MR) is 117 cm³/mol. The van der Waals surface area contributed by atoms with Gasteiger partial charge in [0.25, 0.3) is 11.8 Å². The number of para-hydroxylation sites is 1. The number of nitrogens with zero attached hydrogens (tertiary/aromatic N) is 1. The molecule has 0 bridgehead atoms. The summed E-state index contributed by atoms with van der Waals surface area (Å²) in [4.78, 5) is 36.8. The lowest BCUT2D eigenvalue weighted by molar-refractivity contribution is -0.145. The average molecular weight is 489 g/mol. The molecule has 1 saturated heterocycles. The van der Waals surface area contributed by atoms with Crippen LogP contribution in [0.5, 0.6) is 11.5 Å². The van der Waals surface area contributed by atoms with Crippen molar-refractivity contribution in [2.24, 2.45) is 0 Å². The zero-order valence-electron chi connectivity index (χ0n) is 17.0. The van der Waals surface area contributed by atoms with Gasteiger partial charge in [0.1, 0.15) is 5.57 Å². The van der Waals surface area contributed by atoms with E-state index in [2.05, 4.69) is 21.4 Å². The lowest BCUT2D eigenvalue weighted by atomic mass is 10.1. The smallest absolute Gasteiger partial charge is 0.344 e. The lowest BCUT2D eigenvalue weighted by Gasteiger charge is -2.14. The van der Waals surface area contributed by atoms with E-state index in [4.69, 9.17) is 14.2 Å². The molecule has 3 rings (SSSR count). The van der Waals surface area contributed by atoms with Crippen LogP contribution < -0.4 is 19.9 Å². The van der Waals surface area contributed by atoms with Crippen LogP contribution in [0, 0.1) is 0 Å². The van der Waals surface area contributed by atoms with Crippen LogP contribution in [0.25, 0.3) is 6.08 Å². The summed E-state index contributed by atoms with van der Waals surface area (Å²) in [5.74, 6) is -0.781. The Hall–Kier alpha value is -3.33. The van der Waals surface area contributed by atoms with Crippen molar-refractivity contribution >= 4 is 45.5 Å². The molecule has 1 aliphatic rings. The Balaban J connectivity index is 1.89. The van der Waals surface area contributed by atoms with E-state index in [1.54, 1.807) is 50.2 Å². The van der Waals surface area contributed by atoms with Crippen LogP contribution in [0.1, 0.15) is 19.4 Å². The van der Waals surface area contributed by atoms with Crippen LogP contribution in [-0.4, -0.2) is 37.6 Å². The number of nitrogens with one attached hydrogen (secondary N) is 1. The molecule has 8 nitrogen and oxygen atoms in total. The number of hydrogen-bond acceptors (Lipinski definition) is 6. The lowest BCUT2D eigenvalue weighted by Crippen LogP contribution is -2.35. The van der Waals surface area contributed by atoms with E-state index in [1.807, 2.05) is 6.07 Å². The molecule has 0 unspecified atom stereocenters. The summed E-state index contributed by atoms with van der Waals surface area (Å²) in [6.07, 6.45) is 1.47. The van der Waals surface area contributed by atoms with E-state index in [1.165, 1.54) is 11.1 Å². The molecule has 1 fully saturated rings. The van der Waals surface area contributed by atoms with Crippen LogP contribution in [0.2, 0.25) is 0 Å². The zero-order chi connectivity index (χ0) is 22.4. The number of rotatable bonds is 8. The highest BCUT2D eigenvalue weighted by Gasteiger charge is 2.34. The molecule has 31 heavy (non-hydrogen) atoms. The molecular formula is C22H21BrN2O6. The fourth-order valence-corrected chi connectivity index (χ4v) is 3.29. The van der Waals surface area contributed by atoms with E-state index in [0.717, 1.165) is 0 Å². The third-order valence-electron chi connectivity index (χ3n) is 4.22. The summed E-state index contributed by atoms with van der Waals surface area (Å²) in [7, 11) is 0. The van der Waals surface area contributed by atoms with Crippen molar-refractivity contribution in [1.29, 1.82) is 0 Å². The van der Waals surface area contributed by atoms with Gasteiger partial charge in [-0.2, -0.15) is 0 Å². The van der Waals surface area contributed by atoms with Gasteiger partial charge in [-0.15, -0.1) is 0 Å². The summed E-state index contributed by atoms with van der Waals surface area (Å²) < 4.78 is 16.6. The van der Waals surface area contributed by atoms with Crippen LogP contribution in [0.3, 0.4) is 0 Å². The number of amides is 2. The number of carbonyl (C=O) groups is 3. The number of carbonyl (C=O) groups excluding carboxylic acids is 3. The molecule has 1 heterocycles. The molecule has 0 spiro atoms. The normalized spacial score (nSPS) is 14.5. The fourth-order valence-electron chi connectivity index (χ4n) is 2.85. The van der Waals surface area contributed by atoms with Gasteiger partial charge in [-0.05, 0) is 49.8 Å². The maximum absolute atomic E-state index is 12.8. The third kappa shape index (κ3) is 5.24. The van der Waals surface area contributed by atoms with Gasteiger partial charge in [0.2, 0.25) is 0 Å². The molecule has 0 aliphatic carbocycles. The van der Waals surface area contributed by atoms with Gasteiger partial charge in [-0.1, -0.05) is 34.1 Å². The van der Waals surface area contributed by atoms with Crippen molar-refractivity contribution in [3.63, 3.8) is 0 Å². The average Bonchev–Trinajstić information content (AvgIpc) is 3.04. The van der Waals surface area contributed by atoms with Gasteiger partial charge in [0, 0.05) is 4.47 Å². The predicted octanol–water partition coefficient (Wildman–Crippen LogP) is 3.25. The fraction of sp³-hybridized carbons (Fsp3) is 0.227. The van der Waals surface area contributed by atoms with Gasteiger partial charge in [0.05, 0.1) is 18.9 Å². The summed E-state index contributed by atoms with van der Waals surface area (Å²) in [6, 6.07) is 12.1. The van der Waals surface area contributed by atoms with Crippen LogP contribution >= 0.6 is 15.9 Å². The molecule has 0 saturated carbocycles. The summed E-state index contributed by atoms with van der Waals surface area (Å²) in [6.45, 7) is 3.86. The Morgan fingerprint density at radius 3 is 2.45 bits per heavy atom. The summed E-state index contributed by atoms with van der Waals surface area (Å²) in [5.41, 5.74) is 3.64. The maximum atomic E-state index is 12.8. The first-order valence-corrected chi connectivity index (χ1v) is 10.4. The molecule has 2 amide bonds. The number of esters is 1. The van der Waals surface area contributed by atoms with Gasteiger partial charge in [0.15, 0.2) is 18.1 Å². The molecular weight excluding hydrogens is 468 g/mol. The summed E-state index contributed by atoms with van der Waals surface area (Å²) >= 11 is 3.42. The molecule has 0 aromatic heterocycles. The van der Waals surface area contributed by atoms with Gasteiger partial charge in [-0.25, -0.2) is 9.80 Å². The standard InChI is InChI=1S/C22H21BrN2O6/c1-3-29-18-11-14(17(23)12-19(18)31-13-20(26)30-4-2)10-16-21(27)24-25(22(16)28)15-8-6-5-7-9-15/h5-12H,3-4,13H2,1-2H3,(H,24,27)/b16-10-. The Bertz CT molecular complexity index is 1020. The van der Waals surface area contributed by atoms with Gasteiger partial charge in [-0.3, -0.25) is 15.0 Å². The largest absolute Gasteiger partial charge is 0.490 e. The quantitative estimate of drug-likeness (QED) is 0.348. The maximum Gasteiger partial charge on any atom is 0.344 e. The first-order valence-electron chi connectivity index (χ1n) is 9.61. The topological polar surface area (TPSA) is 94.2 Å². The molecule has 0 radical (unpaired) electrons. The number of benzene rings is 2. The van der Waals surface area contributed by atoms with Crippen molar-refractivity contribution < 1.29 is 28.6 Å². The monoisotopic (exact) mass is 488 g/mol. The van der Waals surface area contributed by atoms with E-state index in [-0.39, 0.29) is 18.8 Å². The molecule has 0 atom stereocenters. The van der Waals surface area contributed by atoms with Crippen LogP contribution in [0.4, 0.5) is 5.69 Å². The Kier molecular flexibility index (Phi) is 7.30. The number of anilines is 1. The molecule has 2 aromatic rings. The molecule has 1 N–H and O–H groups in total. The molecule has 2 aromatic carbocycles. The molecule has 9 heteroatoms. The molecule has 1 aliphatic heterocycles. The first kappa shape index (κ1) is 22.4. The second-order valence-corrected chi connectivity index (χ2v) is 7.18. The van der Waals surface area contributed by atoms with Crippen LogP contribution in [0.15, 0.2) is 52.5 Å². The minimum Gasteiger partial charge on any atom is -0.490 e. The number of halogens is 1. The SMILES string of the molecule is CCOC(=O)COc1cc(Br)c(/C=C2/C(=O)NN(c3ccccc3)C2=O)cc1OCC. The van der Waals surface area contributed by atoms with E-state index in [9.17, 15) is 14.4 Å². The third-order valence-corrected chi connectivity index (χ3v) is 4.91. The van der Waals surface area contributed by atoms with E-state index >= 15 is 0 Å². The summed E-state index contributed by atoms with van der Waals surface area (Å²) in [5, 5.41) is 1.20. The van der Waals surface area contributed by atoms with Crippen molar-refractivity contribution in [3.05, 3.63) is 58.1 Å². The van der Waals surface area contributed by atoms with Gasteiger partial charge >= 0.3 is 5.97 Å². The van der Waals surface area contributed by atoms with Crippen molar-refractivity contribution in [2.75, 3.05) is 24.8 Å². The Labute approximate surface area is 187 Å². The highest BCUT2D eigenvalue weighted by Crippen LogP contribution is 2.35. The minimum absolute atomic E-state index is 0.0211. The molecule has 162 valence electrons. The Morgan fingerprint density at radius 1 is 1.06 bits per heavy atom.